The fourth-order valence-electron chi connectivity index (χ4n) is 2.66. The molecule has 0 aliphatic heterocycles. The minimum Gasteiger partial charge on any atom is -0.463 e. The van der Waals surface area contributed by atoms with Crippen LogP contribution in [0.25, 0.3) is 0 Å². The van der Waals surface area contributed by atoms with E-state index in [0.29, 0.717) is 18.7 Å². The molecule has 10 heteroatoms. The van der Waals surface area contributed by atoms with E-state index in [9.17, 15) is 18.0 Å². The Morgan fingerprint density at radius 2 is 1.79 bits per heavy atom. The lowest BCUT2D eigenvalue weighted by molar-refractivity contribution is 0.0438. The Morgan fingerprint density at radius 3 is 2.38 bits per heavy atom. The highest BCUT2D eigenvalue weighted by Crippen LogP contribution is 2.24. The number of ether oxygens (including phenoxy) is 2. The normalized spacial score (nSPS) is 11.5. The van der Waals surface area contributed by atoms with Crippen molar-refractivity contribution in [2.75, 3.05) is 20.2 Å². The molecule has 0 N–H and O–H groups in total. The van der Waals surface area contributed by atoms with Crippen molar-refractivity contribution in [1.29, 1.82) is 0 Å². The summed E-state index contributed by atoms with van der Waals surface area (Å²) in [5.74, 6) is -1.21. The maximum absolute atomic E-state index is 12.7. The topological polar surface area (TPSA) is 103 Å². The van der Waals surface area contributed by atoms with Crippen molar-refractivity contribution in [3.63, 3.8) is 0 Å². The number of rotatable bonds is 8. The van der Waals surface area contributed by atoms with Crippen LogP contribution in [0.15, 0.2) is 33.6 Å². The van der Waals surface area contributed by atoms with Crippen LogP contribution in [0.1, 0.15) is 46.1 Å². The third kappa shape index (κ3) is 4.98. The van der Waals surface area contributed by atoms with Crippen molar-refractivity contribution in [1.82, 2.24) is 4.31 Å². The van der Waals surface area contributed by atoms with Gasteiger partial charge >= 0.3 is 11.9 Å². The molecule has 0 radical (unpaired) electrons. The number of hydrogen-bond donors (Lipinski definition) is 0. The number of halogens is 1. The molecule has 1 heterocycles. The van der Waals surface area contributed by atoms with E-state index in [0.717, 1.165) is 0 Å². The Balaban J connectivity index is 2.22. The van der Waals surface area contributed by atoms with Crippen LogP contribution >= 0.6 is 11.6 Å². The summed E-state index contributed by atoms with van der Waals surface area (Å²) in [6.07, 6.45) is 0. The lowest BCUT2D eigenvalue weighted by atomic mass is 10.2. The first-order valence-corrected chi connectivity index (χ1v) is 10.6. The summed E-state index contributed by atoms with van der Waals surface area (Å²) >= 11 is 6.07. The van der Waals surface area contributed by atoms with Crippen LogP contribution in [-0.4, -0.2) is 44.9 Å². The Hall–Kier alpha value is -2.36. The Labute approximate surface area is 174 Å². The van der Waals surface area contributed by atoms with Crippen LogP contribution in [0.4, 0.5) is 0 Å². The summed E-state index contributed by atoms with van der Waals surface area (Å²) in [5, 5.41) is 0.0550. The van der Waals surface area contributed by atoms with Gasteiger partial charge in [-0.1, -0.05) is 25.4 Å². The SMILES string of the molecule is CCN(CC)S(=O)(=O)c1ccc(Cl)c(C(=O)OCc2cc(C)c(C(=O)OC)o2)c1. The molecule has 29 heavy (non-hydrogen) atoms. The lowest BCUT2D eigenvalue weighted by Crippen LogP contribution is -2.30. The summed E-state index contributed by atoms with van der Waals surface area (Å²) in [5.41, 5.74) is 0.449. The number of aryl methyl sites for hydroxylation is 1. The maximum Gasteiger partial charge on any atom is 0.374 e. The molecule has 0 unspecified atom stereocenters. The molecule has 0 amide bonds. The number of carbonyl (C=O) groups excluding carboxylic acids is 2. The molecule has 158 valence electrons. The van der Waals surface area contributed by atoms with E-state index in [2.05, 4.69) is 4.74 Å². The summed E-state index contributed by atoms with van der Waals surface area (Å²) < 4.78 is 41.7. The van der Waals surface area contributed by atoms with Gasteiger partial charge in [0, 0.05) is 18.7 Å². The molecule has 0 atom stereocenters. The van der Waals surface area contributed by atoms with E-state index in [1.54, 1.807) is 26.8 Å². The van der Waals surface area contributed by atoms with Crippen LogP contribution in [-0.2, 0) is 26.1 Å². The number of methoxy groups -OCH3 is 1. The van der Waals surface area contributed by atoms with Gasteiger partial charge in [0.25, 0.3) is 0 Å². The standard InChI is InChI=1S/C19H22ClNO7S/c1-5-21(6-2)29(24,25)14-7-8-16(20)15(10-14)18(22)27-11-13-9-12(3)17(28-13)19(23)26-4/h7-10H,5-6,11H2,1-4H3. The zero-order valence-electron chi connectivity index (χ0n) is 16.5. The fourth-order valence-corrected chi connectivity index (χ4v) is 4.34. The van der Waals surface area contributed by atoms with Gasteiger partial charge in [-0.15, -0.1) is 0 Å². The largest absolute Gasteiger partial charge is 0.463 e. The van der Waals surface area contributed by atoms with Crippen molar-refractivity contribution >= 4 is 33.6 Å². The van der Waals surface area contributed by atoms with Crippen LogP contribution in [0.2, 0.25) is 5.02 Å². The zero-order valence-corrected chi connectivity index (χ0v) is 18.1. The van der Waals surface area contributed by atoms with Crippen molar-refractivity contribution in [3.8, 4) is 0 Å². The molecule has 2 aromatic rings. The number of nitrogens with zero attached hydrogens (tertiary/aromatic N) is 1. The van der Waals surface area contributed by atoms with Crippen molar-refractivity contribution in [3.05, 3.63) is 51.9 Å². The summed E-state index contributed by atoms with van der Waals surface area (Å²) in [6.45, 7) is 5.42. The van der Waals surface area contributed by atoms with E-state index >= 15 is 0 Å². The van der Waals surface area contributed by atoms with Gasteiger partial charge in [0.15, 0.2) is 0 Å². The molecule has 2 rings (SSSR count). The molecule has 0 aliphatic rings. The summed E-state index contributed by atoms with van der Waals surface area (Å²) in [7, 11) is -2.53. The summed E-state index contributed by atoms with van der Waals surface area (Å²) in [6, 6.07) is 5.40. The maximum atomic E-state index is 12.7. The first kappa shape index (κ1) is 22.9. The number of esters is 2. The quantitative estimate of drug-likeness (QED) is 0.576. The van der Waals surface area contributed by atoms with Crippen molar-refractivity contribution in [2.45, 2.75) is 32.3 Å². The molecule has 0 saturated heterocycles. The Bertz CT molecular complexity index is 1010. The van der Waals surface area contributed by atoms with Gasteiger partial charge in [0.05, 0.1) is 22.6 Å². The van der Waals surface area contributed by atoms with Gasteiger partial charge in [0.2, 0.25) is 15.8 Å². The second kappa shape index (κ2) is 9.43. The highest BCUT2D eigenvalue weighted by Gasteiger charge is 2.24. The van der Waals surface area contributed by atoms with E-state index < -0.39 is 22.0 Å². The second-order valence-corrected chi connectivity index (χ2v) is 8.37. The monoisotopic (exact) mass is 443 g/mol. The number of benzene rings is 1. The third-order valence-electron chi connectivity index (χ3n) is 4.19. The first-order valence-electron chi connectivity index (χ1n) is 8.80. The van der Waals surface area contributed by atoms with Gasteiger partial charge < -0.3 is 13.9 Å². The molecule has 1 aromatic heterocycles. The smallest absolute Gasteiger partial charge is 0.374 e. The van der Waals surface area contributed by atoms with Gasteiger partial charge in [-0.3, -0.25) is 0 Å². The first-order chi connectivity index (χ1) is 13.6. The average molecular weight is 444 g/mol. The predicted octanol–water partition coefficient (Wildman–Crippen LogP) is 3.42. The minimum atomic E-state index is -3.76. The van der Waals surface area contributed by atoms with Crippen LogP contribution in [0, 0.1) is 6.92 Å². The molecule has 8 nitrogen and oxygen atoms in total. The highest BCUT2D eigenvalue weighted by molar-refractivity contribution is 7.89. The van der Waals surface area contributed by atoms with Crippen LogP contribution < -0.4 is 0 Å². The van der Waals surface area contributed by atoms with E-state index in [-0.39, 0.29) is 33.6 Å². The molecule has 0 spiro atoms. The van der Waals surface area contributed by atoms with Gasteiger partial charge in [-0.2, -0.15) is 4.31 Å². The Kier molecular flexibility index (Phi) is 7.45. The molecule has 0 aliphatic carbocycles. The zero-order chi connectivity index (χ0) is 21.8. The van der Waals surface area contributed by atoms with Crippen LogP contribution in [0.5, 0.6) is 0 Å². The van der Waals surface area contributed by atoms with Crippen LogP contribution in [0.3, 0.4) is 0 Å². The predicted molar refractivity (Wildman–Crippen MR) is 105 cm³/mol. The fraction of sp³-hybridized carbons (Fsp3) is 0.368. The number of sulfonamides is 1. The van der Waals surface area contributed by atoms with Gasteiger partial charge in [-0.05, 0) is 31.2 Å². The van der Waals surface area contributed by atoms with Gasteiger partial charge in [-0.25, -0.2) is 18.0 Å². The minimum absolute atomic E-state index is 0.0175. The molecule has 0 bridgehead atoms. The molecular weight excluding hydrogens is 422 g/mol. The number of furan rings is 1. The Morgan fingerprint density at radius 1 is 1.14 bits per heavy atom. The van der Waals surface area contributed by atoms with Crippen molar-refractivity contribution in [2.24, 2.45) is 0 Å². The lowest BCUT2D eigenvalue weighted by Gasteiger charge is -2.19. The molecule has 0 fully saturated rings. The van der Waals surface area contributed by atoms with E-state index in [1.807, 2.05) is 0 Å². The highest BCUT2D eigenvalue weighted by atomic mass is 35.5. The molecular formula is C19H22ClNO7S. The molecule has 1 aromatic carbocycles. The van der Waals surface area contributed by atoms with Crippen molar-refractivity contribution < 1.29 is 31.9 Å². The molecule has 0 saturated carbocycles. The average Bonchev–Trinajstić information content (AvgIpc) is 3.07. The number of hydrogen-bond acceptors (Lipinski definition) is 7. The van der Waals surface area contributed by atoms with Gasteiger partial charge in [0.1, 0.15) is 12.4 Å². The second-order valence-electron chi connectivity index (χ2n) is 6.02. The van der Waals surface area contributed by atoms with E-state index in [4.69, 9.17) is 20.8 Å². The third-order valence-corrected chi connectivity index (χ3v) is 6.56. The summed E-state index contributed by atoms with van der Waals surface area (Å²) in [4.78, 5) is 24.0. The van der Waals surface area contributed by atoms with E-state index in [1.165, 1.54) is 29.6 Å². The number of carbonyl (C=O) groups is 2.